The Labute approximate surface area is 82.4 Å². The number of alkyl halides is 3. The molecule has 0 N–H and O–H groups in total. The Hall–Kier alpha value is 0.230. The number of methoxy groups -OCH3 is 1. The number of ether oxygens (including phenoxy) is 1. The third kappa shape index (κ3) is 2.33. The van der Waals surface area contributed by atoms with Crippen LogP contribution in [0, 0.1) is 0 Å². The van der Waals surface area contributed by atoms with Gasteiger partial charge in [0.15, 0.2) is 5.82 Å². The molecule has 7 heteroatoms. The van der Waals surface area contributed by atoms with Gasteiger partial charge in [-0.25, -0.2) is 0 Å². The van der Waals surface area contributed by atoms with Crippen molar-refractivity contribution in [3.63, 3.8) is 0 Å². The summed E-state index contributed by atoms with van der Waals surface area (Å²) in [6.07, 6.45) is 0. The van der Waals surface area contributed by atoms with Crippen molar-refractivity contribution in [3.8, 4) is 5.19 Å². The maximum absolute atomic E-state index is 5.49. The van der Waals surface area contributed by atoms with Crippen molar-refractivity contribution >= 4 is 46.3 Å². The Kier molecular flexibility index (Phi) is 2.80. The van der Waals surface area contributed by atoms with Crippen LogP contribution >= 0.6 is 46.3 Å². The van der Waals surface area contributed by atoms with E-state index in [1.54, 1.807) is 0 Å². The van der Waals surface area contributed by atoms with Crippen LogP contribution in [0.5, 0.6) is 5.19 Å². The summed E-state index contributed by atoms with van der Waals surface area (Å²) in [6, 6.07) is 0. The lowest BCUT2D eigenvalue weighted by molar-refractivity contribution is 0.411. The van der Waals surface area contributed by atoms with E-state index in [4.69, 9.17) is 39.5 Å². The first kappa shape index (κ1) is 9.32. The SMILES string of the molecule is COc1nc(C(Cl)(Cl)Cl)ns1. The predicted octanol–water partition coefficient (Wildman–Crippen LogP) is 2.37. The summed E-state index contributed by atoms with van der Waals surface area (Å²) in [5.74, 6) is 0.143. The summed E-state index contributed by atoms with van der Waals surface area (Å²) in [5, 5.41) is 0.381. The number of hydrogen-bond donors (Lipinski definition) is 0. The Balaban J connectivity index is 2.89. The minimum Gasteiger partial charge on any atom is -0.472 e. The van der Waals surface area contributed by atoms with Crippen LogP contribution in [-0.4, -0.2) is 16.5 Å². The van der Waals surface area contributed by atoms with E-state index in [1.165, 1.54) is 7.11 Å². The highest BCUT2D eigenvalue weighted by Crippen LogP contribution is 2.37. The molecule has 62 valence electrons. The summed E-state index contributed by atoms with van der Waals surface area (Å²) in [5.41, 5.74) is 0. The van der Waals surface area contributed by atoms with Gasteiger partial charge < -0.3 is 4.74 Å². The zero-order valence-electron chi connectivity index (χ0n) is 5.34. The highest BCUT2D eigenvalue weighted by atomic mass is 35.6. The molecule has 0 saturated heterocycles. The molecule has 0 aliphatic rings. The summed E-state index contributed by atoms with van der Waals surface area (Å²) in [4.78, 5) is 3.79. The second-order valence-electron chi connectivity index (χ2n) is 1.59. The van der Waals surface area contributed by atoms with Crippen LogP contribution in [0.15, 0.2) is 0 Å². The van der Waals surface area contributed by atoms with Crippen molar-refractivity contribution in [2.24, 2.45) is 0 Å². The quantitative estimate of drug-likeness (QED) is 0.699. The lowest BCUT2D eigenvalue weighted by atomic mass is 10.7. The van der Waals surface area contributed by atoms with Crippen LogP contribution < -0.4 is 4.74 Å². The monoisotopic (exact) mass is 232 g/mol. The number of halogens is 3. The lowest BCUT2D eigenvalue weighted by Crippen LogP contribution is -2.02. The van der Waals surface area contributed by atoms with Gasteiger partial charge in [-0.15, -0.1) is 0 Å². The van der Waals surface area contributed by atoms with Crippen molar-refractivity contribution in [2.75, 3.05) is 7.11 Å². The molecule has 1 heterocycles. The van der Waals surface area contributed by atoms with Crippen LogP contribution in [-0.2, 0) is 3.79 Å². The van der Waals surface area contributed by atoms with Crippen molar-refractivity contribution < 1.29 is 4.74 Å². The summed E-state index contributed by atoms with van der Waals surface area (Å²) < 4.78 is 6.96. The lowest BCUT2D eigenvalue weighted by Gasteiger charge is -2.02. The standard InChI is InChI=1S/C4H3Cl3N2OS/c1-10-3-8-2(9-11-3)4(5,6)7/h1H3. The van der Waals surface area contributed by atoms with Gasteiger partial charge in [-0.3, -0.25) is 0 Å². The fraction of sp³-hybridized carbons (Fsp3) is 0.500. The molecule has 0 aliphatic carbocycles. The molecule has 1 aromatic heterocycles. The third-order valence-electron chi connectivity index (χ3n) is 0.836. The average Bonchev–Trinajstić information content (AvgIpc) is 2.32. The third-order valence-corrected chi connectivity index (χ3v) is 2.02. The van der Waals surface area contributed by atoms with E-state index in [9.17, 15) is 0 Å². The molecule has 11 heavy (non-hydrogen) atoms. The normalized spacial score (nSPS) is 11.6. The van der Waals surface area contributed by atoms with Crippen LogP contribution in [0.3, 0.4) is 0 Å². The fourth-order valence-electron chi connectivity index (χ4n) is 0.408. The van der Waals surface area contributed by atoms with Crippen molar-refractivity contribution in [1.29, 1.82) is 0 Å². The predicted molar refractivity (Wildman–Crippen MR) is 45.7 cm³/mol. The number of aromatic nitrogens is 2. The van der Waals surface area contributed by atoms with Crippen molar-refractivity contribution in [1.82, 2.24) is 9.36 Å². The molecule has 3 nitrogen and oxygen atoms in total. The maximum atomic E-state index is 5.49. The van der Waals surface area contributed by atoms with Gasteiger partial charge in [-0.2, -0.15) is 9.36 Å². The average molecular weight is 234 g/mol. The molecule has 1 rings (SSSR count). The van der Waals surface area contributed by atoms with Gasteiger partial charge in [-0.05, 0) is 0 Å². The maximum Gasteiger partial charge on any atom is 0.293 e. The molecule has 0 atom stereocenters. The van der Waals surface area contributed by atoms with Crippen molar-refractivity contribution in [2.45, 2.75) is 3.79 Å². The first-order valence-electron chi connectivity index (χ1n) is 2.49. The zero-order chi connectivity index (χ0) is 8.48. The van der Waals surface area contributed by atoms with E-state index in [0.717, 1.165) is 11.5 Å². The first-order chi connectivity index (χ1) is 5.04. The number of hydrogen-bond acceptors (Lipinski definition) is 4. The topological polar surface area (TPSA) is 35.0 Å². The van der Waals surface area contributed by atoms with Gasteiger partial charge in [-0.1, -0.05) is 34.8 Å². The minimum absolute atomic E-state index is 0.143. The van der Waals surface area contributed by atoms with Crippen LogP contribution in [0.2, 0.25) is 0 Å². The first-order valence-corrected chi connectivity index (χ1v) is 4.39. The highest BCUT2D eigenvalue weighted by molar-refractivity contribution is 7.07. The van der Waals surface area contributed by atoms with Gasteiger partial charge >= 0.3 is 0 Å². The molecular weight excluding hydrogens is 230 g/mol. The summed E-state index contributed by atoms with van der Waals surface area (Å²) >= 11 is 17.5. The summed E-state index contributed by atoms with van der Waals surface area (Å²) in [7, 11) is 1.47. The molecule has 1 aromatic rings. The van der Waals surface area contributed by atoms with Gasteiger partial charge in [0.1, 0.15) is 0 Å². The smallest absolute Gasteiger partial charge is 0.293 e. The van der Waals surface area contributed by atoms with E-state index >= 15 is 0 Å². The molecule has 0 fully saturated rings. The Morgan fingerprint density at radius 2 is 2.09 bits per heavy atom. The van der Waals surface area contributed by atoms with E-state index in [-0.39, 0.29) is 5.82 Å². The minimum atomic E-state index is -1.56. The summed E-state index contributed by atoms with van der Waals surface area (Å²) in [6.45, 7) is 0. The molecule has 0 bridgehead atoms. The largest absolute Gasteiger partial charge is 0.472 e. The Morgan fingerprint density at radius 3 is 2.36 bits per heavy atom. The molecule has 0 saturated carbocycles. The van der Waals surface area contributed by atoms with Gasteiger partial charge in [0.2, 0.25) is 0 Å². The van der Waals surface area contributed by atoms with E-state index in [2.05, 4.69) is 9.36 Å². The van der Waals surface area contributed by atoms with E-state index in [1.807, 2.05) is 0 Å². The molecule has 0 unspecified atom stereocenters. The fourth-order valence-corrected chi connectivity index (χ4v) is 1.36. The number of nitrogens with zero attached hydrogens (tertiary/aromatic N) is 2. The highest BCUT2D eigenvalue weighted by Gasteiger charge is 2.28. The van der Waals surface area contributed by atoms with Crippen molar-refractivity contribution in [3.05, 3.63) is 5.82 Å². The van der Waals surface area contributed by atoms with E-state index in [0.29, 0.717) is 5.19 Å². The van der Waals surface area contributed by atoms with Crippen LogP contribution in [0.1, 0.15) is 5.82 Å². The molecule has 0 amide bonds. The van der Waals surface area contributed by atoms with Gasteiger partial charge in [0, 0.05) is 11.5 Å². The van der Waals surface area contributed by atoms with E-state index < -0.39 is 3.79 Å². The second-order valence-corrected chi connectivity index (χ2v) is 4.58. The Bertz CT molecular complexity index is 246. The molecule has 0 aliphatic heterocycles. The van der Waals surface area contributed by atoms with Gasteiger partial charge in [0.05, 0.1) is 7.11 Å². The number of rotatable bonds is 1. The molecule has 0 aromatic carbocycles. The molecular formula is C4H3Cl3N2OS. The molecule has 0 spiro atoms. The molecule has 0 radical (unpaired) electrons. The van der Waals surface area contributed by atoms with Gasteiger partial charge in [0.25, 0.3) is 8.99 Å². The van der Waals surface area contributed by atoms with Crippen LogP contribution in [0.25, 0.3) is 0 Å². The second kappa shape index (κ2) is 3.31. The zero-order valence-corrected chi connectivity index (χ0v) is 8.43. The van der Waals surface area contributed by atoms with Crippen LogP contribution in [0.4, 0.5) is 0 Å². The Morgan fingerprint density at radius 1 is 1.45 bits per heavy atom.